The molecule has 0 radical (unpaired) electrons. The molecule has 2 unspecified atom stereocenters. The molecule has 0 spiro atoms. The molecule has 1 aromatic rings. The molecule has 22 heavy (non-hydrogen) atoms. The lowest BCUT2D eigenvalue weighted by Crippen LogP contribution is -2.40. The number of aromatic nitrogens is 1. The molecular formula is C14H19F3N2O3. The molecule has 0 aliphatic carbocycles. The zero-order chi connectivity index (χ0) is 17.1. The molecule has 1 amide bonds. The van der Waals surface area contributed by atoms with Gasteiger partial charge in [0.15, 0.2) is 0 Å². The number of ether oxygens (including phenoxy) is 1. The van der Waals surface area contributed by atoms with E-state index in [1.807, 2.05) is 0 Å². The van der Waals surface area contributed by atoms with Crippen LogP contribution < -0.4 is 5.32 Å². The Labute approximate surface area is 126 Å². The highest BCUT2D eigenvalue weighted by atomic mass is 19.4. The van der Waals surface area contributed by atoms with E-state index >= 15 is 0 Å². The van der Waals surface area contributed by atoms with Crippen molar-refractivity contribution < 1.29 is 27.8 Å². The Morgan fingerprint density at radius 1 is 1.32 bits per heavy atom. The maximum absolute atomic E-state index is 12.4. The molecule has 1 aromatic heterocycles. The van der Waals surface area contributed by atoms with Crippen LogP contribution in [0.25, 0.3) is 0 Å². The average molecular weight is 320 g/mol. The summed E-state index contributed by atoms with van der Waals surface area (Å²) in [5, 5.41) is 12.5. The van der Waals surface area contributed by atoms with Gasteiger partial charge >= 0.3 is 12.3 Å². The van der Waals surface area contributed by atoms with Gasteiger partial charge in [0.1, 0.15) is 17.4 Å². The Kier molecular flexibility index (Phi) is 5.39. The fraction of sp³-hybridized carbons (Fsp3) is 0.571. The molecule has 0 saturated heterocycles. The van der Waals surface area contributed by atoms with Gasteiger partial charge in [-0.05, 0) is 33.8 Å². The molecule has 8 heteroatoms. The number of halogens is 3. The van der Waals surface area contributed by atoms with Crippen molar-refractivity contribution in [2.45, 2.75) is 51.6 Å². The van der Waals surface area contributed by atoms with Crippen molar-refractivity contribution >= 4 is 6.09 Å². The van der Waals surface area contributed by atoms with Gasteiger partial charge in [0.05, 0.1) is 6.04 Å². The number of amides is 1. The van der Waals surface area contributed by atoms with Crippen molar-refractivity contribution in [3.8, 4) is 0 Å². The second kappa shape index (κ2) is 6.51. The van der Waals surface area contributed by atoms with Crippen molar-refractivity contribution in [1.82, 2.24) is 10.3 Å². The van der Waals surface area contributed by atoms with Crippen LogP contribution in [0.5, 0.6) is 0 Å². The van der Waals surface area contributed by atoms with Gasteiger partial charge in [-0.15, -0.1) is 0 Å². The summed E-state index contributed by atoms with van der Waals surface area (Å²) in [6.45, 7) is 6.57. The van der Waals surface area contributed by atoms with Gasteiger partial charge in [0.2, 0.25) is 0 Å². The van der Waals surface area contributed by atoms with Crippen LogP contribution in [0.4, 0.5) is 18.0 Å². The number of rotatable bonds is 3. The highest BCUT2D eigenvalue weighted by Gasteiger charge is 2.32. The summed E-state index contributed by atoms with van der Waals surface area (Å²) in [6.07, 6.45) is -5.54. The van der Waals surface area contributed by atoms with Crippen LogP contribution in [0.15, 0.2) is 18.3 Å². The molecule has 1 rings (SSSR count). The maximum Gasteiger partial charge on any atom is 0.433 e. The van der Waals surface area contributed by atoms with Gasteiger partial charge in [-0.2, -0.15) is 13.2 Å². The standard InChI is InChI=1S/C14H19F3N2O3/c1-8(19-12(21)22-13(2,3)4)11(20)9-5-6-10(18-7-9)14(15,16)17/h5-8,11,20H,1-4H3,(H,19,21). The summed E-state index contributed by atoms with van der Waals surface area (Å²) in [5.41, 5.74) is -1.57. The van der Waals surface area contributed by atoms with Crippen LogP contribution in [-0.2, 0) is 10.9 Å². The number of aliphatic hydroxyl groups excluding tert-OH is 1. The van der Waals surface area contributed by atoms with Crippen molar-refractivity contribution in [3.05, 3.63) is 29.6 Å². The Morgan fingerprint density at radius 2 is 1.91 bits per heavy atom. The van der Waals surface area contributed by atoms with E-state index in [0.717, 1.165) is 18.3 Å². The molecule has 0 aliphatic heterocycles. The molecule has 0 bridgehead atoms. The predicted octanol–water partition coefficient (Wildman–Crippen LogP) is 3.05. The van der Waals surface area contributed by atoms with Crippen molar-refractivity contribution in [2.75, 3.05) is 0 Å². The fourth-order valence-electron chi connectivity index (χ4n) is 1.61. The zero-order valence-electron chi connectivity index (χ0n) is 12.7. The van der Waals surface area contributed by atoms with E-state index in [1.165, 1.54) is 6.92 Å². The highest BCUT2D eigenvalue weighted by molar-refractivity contribution is 5.68. The summed E-state index contributed by atoms with van der Waals surface area (Å²) in [4.78, 5) is 14.8. The zero-order valence-corrected chi connectivity index (χ0v) is 12.7. The first-order chi connectivity index (χ1) is 9.90. The molecule has 124 valence electrons. The Bertz CT molecular complexity index is 510. The minimum absolute atomic E-state index is 0.163. The minimum atomic E-state index is -4.54. The van der Waals surface area contributed by atoms with E-state index in [1.54, 1.807) is 20.8 Å². The molecule has 0 aromatic carbocycles. The average Bonchev–Trinajstić information content (AvgIpc) is 2.34. The second-order valence-electron chi connectivity index (χ2n) is 5.85. The normalized spacial score (nSPS) is 15.1. The van der Waals surface area contributed by atoms with E-state index in [4.69, 9.17) is 4.74 Å². The minimum Gasteiger partial charge on any atom is -0.444 e. The van der Waals surface area contributed by atoms with Crippen LogP contribution in [0.1, 0.15) is 45.1 Å². The number of hydrogen-bond acceptors (Lipinski definition) is 4. The van der Waals surface area contributed by atoms with E-state index in [9.17, 15) is 23.1 Å². The predicted molar refractivity (Wildman–Crippen MR) is 73.0 cm³/mol. The number of nitrogens with zero attached hydrogens (tertiary/aromatic N) is 1. The van der Waals surface area contributed by atoms with Crippen LogP contribution in [-0.4, -0.2) is 27.8 Å². The van der Waals surface area contributed by atoms with E-state index < -0.39 is 35.7 Å². The van der Waals surface area contributed by atoms with Gasteiger partial charge in [0.25, 0.3) is 0 Å². The molecule has 2 atom stereocenters. The lowest BCUT2D eigenvalue weighted by atomic mass is 10.1. The first-order valence-electron chi connectivity index (χ1n) is 6.61. The van der Waals surface area contributed by atoms with Crippen LogP contribution in [0.3, 0.4) is 0 Å². The number of carbonyl (C=O) groups is 1. The van der Waals surface area contributed by atoms with Crippen molar-refractivity contribution in [2.24, 2.45) is 0 Å². The largest absolute Gasteiger partial charge is 0.444 e. The monoisotopic (exact) mass is 320 g/mol. The van der Waals surface area contributed by atoms with E-state index in [0.29, 0.717) is 0 Å². The summed E-state index contributed by atoms with van der Waals surface area (Å²) in [5.74, 6) is 0. The topological polar surface area (TPSA) is 71.5 Å². The molecule has 0 fully saturated rings. The number of carbonyl (C=O) groups excluding carboxylic acids is 1. The van der Waals surface area contributed by atoms with Crippen molar-refractivity contribution in [1.29, 1.82) is 0 Å². The smallest absolute Gasteiger partial charge is 0.433 e. The number of aliphatic hydroxyl groups is 1. The molecule has 0 saturated carbocycles. The van der Waals surface area contributed by atoms with Crippen LogP contribution in [0, 0.1) is 0 Å². The van der Waals surface area contributed by atoms with Gasteiger partial charge in [0, 0.05) is 11.8 Å². The Hall–Kier alpha value is -1.83. The second-order valence-corrected chi connectivity index (χ2v) is 5.85. The Balaban J connectivity index is 2.71. The summed E-state index contributed by atoms with van der Waals surface area (Å²) < 4.78 is 42.3. The van der Waals surface area contributed by atoms with Gasteiger partial charge in [-0.3, -0.25) is 4.98 Å². The van der Waals surface area contributed by atoms with E-state index in [-0.39, 0.29) is 5.56 Å². The number of pyridine rings is 1. The third-order valence-electron chi connectivity index (χ3n) is 2.64. The quantitative estimate of drug-likeness (QED) is 0.898. The van der Waals surface area contributed by atoms with E-state index in [2.05, 4.69) is 10.3 Å². The lowest BCUT2D eigenvalue weighted by molar-refractivity contribution is -0.141. The number of alkyl halides is 3. The SMILES string of the molecule is CC(NC(=O)OC(C)(C)C)C(O)c1ccc(C(F)(F)F)nc1. The Morgan fingerprint density at radius 3 is 2.32 bits per heavy atom. The third kappa shape index (κ3) is 5.51. The molecular weight excluding hydrogens is 301 g/mol. The van der Waals surface area contributed by atoms with Gasteiger partial charge < -0.3 is 15.2 Å². The summed E-state index contributed by atoms with van der Waals surface area (Å²) in [7, 11) is 0. The van der Waals surface area contributed by atoms with Gasteiger partial charge in [-0.25, -0.2) is 4.79 Å². The fourth-order valence-corrected chi connectivity index (χ4v) is 1.61. The lowest BCUT2D eigenvalue weighted by Gasteiger charge is -2.24. The molecule has 2 N–H and O–H groups in total. The van der Waals surface area contributed by atoms with Crippen molar-refractivity contribution in [3.63, 3.8) is 0 Å². The number of nitrogens with one attached hydrogen (secondary N) is 1. The first kappa shape index (κ1) is 18.2. The number of hydrogen-bond donors (Lipinski definition) is 2. The molecule has 5 nitrogen and oxygen atoms in total. The maximum atomic E-state index is 12.4. The molecule has 1 heterocycles. The molecule has 0 aliphatic rings. The first-order valence-corrected chi connectivity index (χ1v) is 6.61. The summed E-state index contributed by atoms with van der Waals surface area (Å²) >= 11 is 0. The highest BCUT2D eigenvalue weighted by Crippen LogP contribution is 2.28. The van der Waals surface area contributed by atoms with Crippen LogP contribution in [0.2, 0.25) is 0 Å². The van der Waals surface area contributed by atoms with Crippen LogP contribution >= 0.6 is 0 Å². The van der Waals surface area contributed by atoms with Gasteiger partial charge in [-0.1, -0.05) is 6.07 Å². The number of alkyl carbamates (subject to hydrolysis) is 1. The third-order valence-corrected chi connectivity index (χ3v) is 2.64. The summed E-state index contributed by atoms with van der Waals surface area (Å²) in [6, 6.07) is 1.14.